The molecule has 0 aromatic carbocycles. The Bertz CT molecular complexity index is 314. The molecule has 2 fully saturated rings. The third kappa shape index (κ3) is 3.08. The van der Waals surface area contributed by atoms with Crippen molar-refractivity contribution in [3.63, 3.8) is 0 Å². The van der Waals surface area contributed by atoms with Crippen LogP contribution in [0, 0.1) is 0 Å². The van der Waals surface area contributed by atoms with Gasteiger partial charge in [-0.3, -0.25) is 0 Å². The van der Waals surface area contributed by atoms with E-state index in [9.17, 15) is 22.0 Å². The number of hydrogen-bond acceptors (Lipinski definition) is 3. The second kappa shape index (κ2) is 4.96. The largest absolute Gasteiger partial charge is 0.490 e. The van der Waals surface area contributed by atoms with Crippen LogP contribution in [0.5, 0.6) is 0 Å². The van der Waals surface area contributed by atoms with E-state index >= 15 is 0 Å². The van der Waals surface area contributed by atoms with Gasteiger partial charge in [0, 0.05) is 6.42 Å². The highest BCUT2D eigenvalue weighted by Gasteiger charge is 2.59. The highest BCUT2D eigenvalue weighted by molar-refractivity contribution is 5.73. The van der Waals surface area contributed by atoms with Crippen LogP contribution < -0.4 is 5.32 Å². The van der Waals surface area contributed by atoms with Crippen molar-refractivity contribution < 1.29 is 36.6 Å². The van der Waals surface area contributed by atoms with Crippen LogP contribution in [-0.2, 0) is 9.53 Å². The lowest BCUT2D eigenvalue weighted by Crippen LogP contribution is -2.65. The quantitative estimate of drug-likeness (QED) is 0.657. The molecule has 0 saturated carbocycles. The average molecular weight is 277 g/mol. The summed E-state index contributed by atoms with van der Waals surface area (Å²) in [5, 5.41) is 9.79. The number of rotatable bonds is 0. The van der Waals surface area contributed by atoms with Gasteiger partial charge < -0.3 is 15.2 Å². The van der Waals surface area contributed by atoms with Crippen molar-refractivity contribution in [2.75, 3.05) is 19.7 Å². The molecule has 0 aliphatic carbocycles. The first kappa shape index (κ1) is 15.1. The Kier molecular flexibility index (Phi) is 4.16. The van der Waals surface area contributed by atoms with E-state index in [2.05, 4.69) is 5.32 Å². The summed E-state index contributed by atoms with van der Waals surface area (Å²) in [5.41, 5.74) is -1.10. The molecule has 9 heteroatoms. The number of carboxylic acids is 1. The summed E-state index contributed by atoms with van der Waals surface area (Å²) in [6, 6.07) is 0. The van der Waals surface area contributed by atoms with Crippen LogP contribution in [0.15, 0.2) is 0 Å². The zero-order valence-corrected chi connectivity index (χ0v) is 9.19. The van der Waals surface area contributed by atoms with Gasteiger partial charge in [-0.1, -0.05) is 0 Å². The summed E-state index contributed by atoms with van der Waals surface area (Å²) < 4.78 is 63.0. The number of alkyl halides is 5. The zero-order chi connectivity index (χ0) is 14.0. The maximum atomic E-state index is 13.1. The van der Waals surface area contributed by atoms with Gasteiger partial charge in [0.05, 0.1) is 13.2 Å². The summed E-state index contributed by atoms with van der Waals surface area (Å²) >= 11 is 0. The molecule has 0 aromatic rings. The Morgan fingerprint density at radius 3 is 2.00 bits per heavy atom. The van der Waals surface area contributed by atoms with E-state index in [-0.39, 0.29) is 6.54 Å². The van der Waals surface area contributed by atoms with Crippen molar-refractivity contribution in [3.05, 3.63) is 0 Å². The zero-order valence-electron chi connectivity index (χ0n) is 9.19. The summed E-state index contributed by atoms with van der Waals surface area (Å²) in [6.07, 6.45) is -4.12. The molecule has 1 unspecified atom stereocenters. The highest BCUT2D eigenvalue weighted by atomic mass is 19.4. The van der Waals surface area contributed by atoms with E-state index in [1.165, 1.54) is 0 Å². The average Bonchev–Trinajstić information content (AvgIpc) is 2.13. The van der Waals surface area contributed by atoms with Gasteiger partial charge in [0.15, 0.2) is 0 Å². The SMILES string of the molecule is FC1(F)CNCCC12CCO2.O=C(O)C(F)(F)F. The molecule has 2 N–H and O–H groups in total. The summed E-state index contributed by atoms with van der Waals surface area (Å²) in [5.74, 6) is -5.42. The minimum Gasteiger partial charge on any atom is -0.475 e. The molecule has 18 heavy (non-hydrogen) atoms. The molecular formula is C9H12F5NO3. The molecule has 2 saturated heterocycles. The van der Waals surface area contributed by atoms with E-state index in [0.29, 0.717) is 26.0 Å². The van der Waals surface area contributed by atoms with Crippen molar-refractivity contribution in [2.45, 2.75) is 30.5 Å². The number of halogens is 5. The van der Waals surface area contributed by atoms with Gasteiger partial charge in [-0.15, -0.1) is 0 Å². The molecule has 2 heterocycles. The number of piperidine rings is 1. The maximum Gasteiger partial charge on any atom is 0.490 e. The van der Waals surface area contributed by atoms with E-state index in [1.807, 2.05) is 0 Å². The monoisotopic (exact) mass is 277 g/mol. The molecule has 106 valence electrons. The molecule has 1 spiro atoms. The summed E-state index contributed by atoms with van der Waals surface area (Å²) in [7, 11) is 0. The third-order valence-electron chi connectivity index (χ3n) is 2.85. The number of carbonyl (C=O) groups is 1. The van der Waals surface area contributed by atoms with Gasteiger partial charge in [-0.25, -0.2) is 13.6 Å². The second-order valence-electron chi connectivity index (χ2n) is 4.03. The van der Waals surface area contributed by atoms with E-state index in [1.54, 1.807) is 0 Å². The number of aliphatic carboxylic acids is 1. The predicted molar refractivity (Wildman–Crippen MR) is 49.4 cm³/mol. The molecule has 4 nitrogen and oxygen atoms in total. The smallest absolute Gasteiger partial charge is 0.475 e. The fourth-order valence-corrected chi connectivity index (χ4v) is 1.71. The summed E-state index contributed by atoms with van der Waals surface area (Å²) in [4.78, 5) is 8.90. The Labute approximate surface area is 99.1 Å². The first-order chi connectivity index (χ1) is 8.11. The van der Waals surface area contributed by atoms with E-state index < -0.39 is 23.7 Å². The van der Waals surface area contributed by atoms with Crippen LogP contribution in [0.2, 0.25) is 0 Å². The standard InChI is InChI=1S/C7H11F2NO.C2HF3O2/c8-7(9)5-10-3-1-6(7)2-4-11-6;3-2(4,5)1(6)7/h10H,1-5H2;(H,6,7). The van der Waals surface area contributed by atoms with Gasteiger partial charge in [0.1, 0.15) is 5.60 Å². The van der Waals surface area contributed by atoms with Gasteiger partial charge in [-0.2, -0.15) is 13.2 Å². The van der Waals surface area contributed by atoms with Crippen LogP contribution in [0.4, 0.5) is 22.0 Å². The lowest BCUT2D eigenvalue weighted by atomic mass is 9.82. The molecule has 0 bridgehead atoms. The second-order valence-corrected chi connectivity index (χ2v) is 4.03. The van der Waals surface area contributed by atoms with E-state index in [0.717, 1.165) is 0 Å². The molecule has 0 radical (unpaired) electrons. The number of ether oxygens (including phenoxy) is 1. The third-order valence-corrected chi connectivity index (χ3v) is 2.85. The normalized spacial score (nSPS) is 30.1. The lowest BCUT2D eigenvalue weighted by molar-refractivity contribution is -0.280. The highest BCUT2D eigenvalue weighted by Crippen LogP contribution is 2.44. The number of hydrogen-bond donors (Lipinski definition) is 2. The summed E-state index contributed by atoms with van der Waals surface area (Å²) in [6.45, 7) is 0.915. The van der Waals surface area contributed by atoms with Crippen molar-refractivity contribution in [2.24, 2.45) is 0 Å². The van der Waals surface area contributed by atoms with Crippen molar-refractivity contribution in [3.8, 4) is 0 Å². The van der Waals surface area contributed by atoms with Crippen LogP contribution in [0.3, 0.4) is 0 Å². The van der Waals surface area contributed by atoms with Crippen LogP contribution in [-0.4, -0.2) is 48.5 Å². The molecule has 2 aliphatic rings. The molecule has 2 aliphatic heterocycles. The van der Waals surface area contributed by atoms with Crippen molar-refractivity contribution in [1.29, 1.82) is 0 Å². The fourth-order valence-electron chi connectivity index (χ4n) is 1.71. The minimum absolute atomic E-state index is 0.229. The van der Waals surface area contributed by atoms with Crippen molar-refractivity contribution >= 4 is 5.97 Å². The van der Waals surface area contributed by atoms with Crippen LogP contribution >= 0.6 is 0 Å². The molecular weight excluding hydrogens is 265 g/mol. The fraction of sp³-hybridized carbons (Fsp3) is 0.889. The topological polar surface area (TPSA) is 58.6 Å². The lowest BCUT2D eigenvalue weighted by Gasteiger charge is -2.49. The first-order valence-electron chi connectivity index (χ1n) is 5.13. The molecule has 0 amide bonds. The molecule has 2 rings (SSSR count). The Morgan fingerprint density at radius 2 is 1.78 bits per heavy atom. The molecule has 0 aromatic heterocycles. The number of carboxylic acid groups (broad SMARTS) is 1. The van der Waals surface area contributed by atoms with Gasteiger partial charge in [-0.05, 0) is 13.0 Å². The molecule has 1 atom stereocenters. The Balaban J connectivity index is 0.000000203. The van der Waals surface area contributed by atoms with E-state index in [4.69, 9.17) is 14.6 Å². The maximum absolute atomic E-state index is 13.1. The van der Waals surface area contributed by atoms with Crippen LogP contribution in [0.25, 0.3) is 0 Å². The Hall–Kier alpha value is -0.960. The Morgan fingerprint density at radius 1 is 1.28 bits per heavy atom. The minimum atomic E-state index is -5.08. The number of nitrogens with one attached hydrogen (secondary N) is 1. The van der Waals surface area contributed by atoms with Crippen LogP contribution in [0.1, 0.15) is 12.8 Å². The van der Waals surface area contributed by atoms with Gasteiger partial charge in [0.25, 0.3) is 5.92 Å². The van der Waals surface area contributed by atoms with Gasteiger partial charge in [0.2, 0.25) is 0 Å². The first-order valence-corrected chi connectivity index (χ1v) is 5.13. The predicted octanol–water partition coefficient (Wildman–Crippen LogP) is 1.41. The van der Waals surface area contributed by atoms with Gasteiger partial charge >= 0.3 is 12.1 Å². The van der Waals surface area contributed by atoms with Crippen molar-refractivity contribution in [1.82, 2.24) is 5.32 Å².